The molecular weight excluding hydrogens is 514 g/mol. The second-order valence-electron chi connectivity index (χ2n) is 10.2. The molecule has 39 heavy (non-hydrogen) atoms. The highest BCUT2D eigenvalue weighted by Crippen LogP contribution is 2.40. The van der Waals surface area contributed by atoms with Gasteiger partial charge in [0.05, 0.1) is 17.0 Å². The van der Waals surface area contributed by atoms with Gasteiger partial charge in [-0.05, 0) is 71.8 Å². The number of carboxylic acid groups (broad SMARTS) is 1. The van der Waals surface area contributed by atoms with Crippen molar-refractivity contribution in [3.63, 3.8) is 0 Å². The highest BCUT2D eigenvalue weighted by atomic mass is 19.4. The average molecular weight is 538 g/mol. The molecule has 1 aliphatic carbocycles. The Hall–Kier alpha value is -4.05. The molecule has 0 bridgehead atoms. The first-order valence-corrected chi connectivity index (χ1v) is 12.5. The summed E-state index contributed by atoms with van der Waals surface area (Å²) in [5, 5.41) is 13.2. The number of carbonyl (C=O) groups is 1. The van der Waals surface area contributed by atoms with Crippen LogP contribution in [0.25, 0.3) is 34.0 Å². The summed E-state index contributed by atoms with van der Waals surface area (Å²) in [6.07, 6.45) is -3.28. The van der Waals surface area contributed by atoms with Crippen LogP contribution in [0.4, 0.5) is 17.6 Å². The van der Waals surface area contributed by atoms with Gasteiger partial charge >= 0.3 is 12.1 Å². The van der Waals surface area contributed by atoms with Crippen LogP contribution in [0.5, 0.6) is 0 Å². The van der Waals surface area contributed by atoms with E-state index in [1.165, 1.54) is 24.3 Å². The van der Waals surface area contributed by atoms with Gasteiger partial charge in [-0.3, -0.25) is 9.69 Å². The van der Waals surface area contributed by atoms with E-state index in [4.69, 9.17) is 9.63 Å². The summed E-state index contributed by atoms with van der Waals surface area (Å²) in [6, 6.07) is 13.6. The Labute approximate surface area is 220 Å². The third kappa shape index (κ3) is 4.58. The number of hydrogen-bond donors (Lipinski definition) is 1. The second kappa shape index (κ2) is 9.30. The molecule has 10 heteroatoms. The van der Waals surface area contributed by atoms with Gasteiger partial charge < -0.3 is 9.63 Å². The van der Waals surface area contributed by atoms with Crippen molar-refractivity contribution < 1.29 is 32.0 Å². The maximum absolute atomic E-state index is 15.2. The van der Waals surface area contributed by atoms with Crippen LogP contribution < -0.4 is 0 Å². The minimum absolute atomic E-state index is 0.00444. The lowest BCUT2D eigenvalue weighted by Gasteiger charge is -2.39. The van der Waals surface area contributed by atoms with Gasteiger partial charge in [-0.2, -0.15) is 18.2 Å². The van der Waals surface area contributed by atoms with Gasteiger partial charge in [0, 0.05) is 24.7 Å². The van der Waals surface area contributed by atoms with E-state index in [0.29, 0.717) is 30.5 Å². The fourth-order valence-electron chi connectivity index (χ4n) is 5.46. The average Bonchev–Trinajstić information content (AvgIpc) is 3.50. The van der Waals surface area contributed by atoms with Crippen LogP contribution in [0.2, 0.25) is 0 Å². The van der Waals surface area contributed by atoms with E-state index in [0.717, 1.165) is 29.8 Å². The molecule has 1 saturated carbocycles. The lowest BCUT2D eigenvalue weighted by Crippen LogP contribution is -2.44. The molecule has 4 aromatic rings. The Balaban J connectivity index is 1.24. The van der Waals surface area contributed by atoms with E-state index in [1.54, 1.807) is 6.92 Å². The van der Waals surface area contributed by atoms with E-state index in [2.05, 4.69) is 15.0 Å². The molecule has 6 nitrogen and oxygen atoms in total. The van der Waals surface area contributed by atoms with Gasteiger partial charge in [0.25, 0.3) is 5.89 Å². The molecule has 0 amide bonds. The van der Waals surface area contributed by atoms with Crippen molar-refractivity contribution in [2.24, 2.45) is 5.92 Å². The van der Waals surface area contributed by atoms with E-state index in [-0.39, 0.29) is 40.4 Å². The van der Waals surface area contributed by atoms with Crippen LogP contribution in [0.3, 0.4) is 0 Å². The van der Waals surface area contributed by atoms with Crippen molar-refractivity contribution in [2.75, 3.05) is 0 Å². The number of halogens is 4. The minimum atomic E-state index is -4.58. The Morgan fingerprint density at radius 3 is 2.49 bits per heavy atom. The van der Waals surface area contributed by atoms with E-state index >= 15 is 4.39 Å². The predicted octanol–water partition coefficient (Wildman–Crippen LogP) is 6.72. The number of nitrogens with zero attached hydrogens (tertiary/aromatic N) is 3. The molecule has 1 N–H and O–H groups in total. The summed E-state index contributed by atoms with van der Waals surface area (Å²) >= 11 is 0. The maximum atomic E-state index is 15.2. The molecule has 0 saturated heterocycles. The molecule has 0 atom stereocenters. The van der Waals surface area contributed by atoms with Gasteiger partial charge in [0.2, 0.25) is 5.82 Å². The standard InChI is InChI=1S/C29H23F4N3O3/c1-15-8-23(25(30)12-22(15)21-4-2-3-5-24(21)29(31,32)33)27-34-26(35-39-27)16-6-7-17-13-36(14-19(17)9-16)20-10-18(11-20)28(37)38/h2-9,12,18,20H,10-11,13-14H2,1H3,(H,37,38). The van der Waals surface area contributed by atoms with Gasteiger partial charge in [-0.1, -0.05) is 35.5 Å². The summed E-state index contributed by atoms with van der Waals surface area (Å²) in [4.78, 5) is 17.8. The third-order valence-corrected chi connectivity index (χ3v) is 7.68. The van der Waals surface area contributed by atoms with Crippen LogP contribution in [-0.4, -0.2) is 32.2 Å². The molecule has 0 spiro atoms. The van der Waals surface area contributed by atoms with Crippen molar-refractivity contribution in [1.82, 2.24) is 15.0 Å². The van der Waals surface area contributed by atoms with Gasteiger partial charge in [-0.15, -0.1) is 0 Å². The normalized spacial score (nSPS) is 19.1. The van der Waals surface area contributed by atoms with Gasteiger partial charge in [0.1, 0.15) is 5.82 Å². The highest BCUT2D eigenvalue weighted by molar-refractivity contribution is 5.75. The zero-order valence-electron chi connectivity index (χ0n) is 20.8. The number of fused-ring (bicyclic) bond motifs is 1. The smallest absolute Gasteiger partial charge is 0.417 e. The Bertz CT molecular complexity index is 1590. The maximum Gasteiger partial charge on any atom is 0.417 e. The van der Waals surface area contributed by atoms with E-state index in [9.17, 15) is 18.0 Å². The highest BCUT2D eigenvalue weighted by Gasteiger charge is 2.40. The number of rotatable bonds is 5. The van der Waals surface area contributed by atoms with Crippen molar-refractivity contribution in [3.05, 3.63) is 82.7 Å². The molecule has 1 aromatic heterocycles. The first kappa shape index (κ1) is 25.2. The SMILES string of the molecule is Cc1cc(-c2nc(-c3ccc4c(c3)CN(C3CC(C(=O)O)C3)C4)no2)c(F)cc1-c1ccccc1C(F)(F)F. The number of aryl methyl sites for hydroxylation is 1. The van der Waals surface area contributed by atoms with Crippen molar-refractivity contribution in [1.29, 1.82) is 0 Å². The summed E-state index contributed by atoms with van der Waals surface area (Å²) < 4.78 is 61.2. The predicted molar refractivity (Wildman–Crippen MR) is 134 cm³/mol. The molecule has 0 unspecified atom stereocenters. The quantitative estimate of drug-likeness (QED) is 0.285. The molecule has 6 rings (SSSR count). The minimum Gasteiger partial charge on any atom is -0.481 e. The number of hydrogen-bond acceptors (Lipinski definition) is 5. The lowest BCUT2D eigenvalue weighted by atomic mass is 9.79. The van der Waals surface area contributed by atoms with Crippen LogP contribution in [0, 0.1) is 18.7 Å². The molecule has 1 aliphatic heterocycles. The number of carboxylic acids is 1. The Morgan fingerprint density at radius 1 is 1.00 bits per heavy atom. The number of aromatic nitrogens is 2. The Morgan fingerprint density at radius 2 is 1.74 bits per heavy atom. The van der Waals surface area contributed by atoms with Crippen LogP contribution in [0.15, 0.2) is 59.1 Å². The molecule has 3 aromatic carbocycles. The summed E-state index contributed by atoms with van der Waals surface area (Å²) in [5.74, 6) is -1.59. The monoisotopic (exact) mass is 537 g/mol. The molecular formula is C29H23F4N3O3. The van der Waals surface area contributed by atoms with Gasteiger partial charge in [0.15, 0.2) is 0 Å². The van der Waals surface area contributed by atoms with Crippen LogP contribution in [-0.2, 0) is 24.1 Å². The summed E-state index contributed by atoms with van der Waals surface area (Å²) in [5.41, 5.74) is 2.56. The Kier molecular flexibility index (Phi) is 6.02. The number of alkyl halides is 3. The molecule has 0 radical (unpaired) electrons. The van der Waals surface area contributed by atoms with E-state index < -0.39 is 23.5 Å². The van der Waals surface area contributed by atoms with Crippen LogP contribution in [0.1, 0.15) is 35.1 Å². The fourth-order valence-corrected chi connectivity index (χ4v) is 5.46. The summed E-state index contributed by atoms with van der Waals surface area (Å²) in [7, 11) is 0. The van der Waals surface area contributed by atoms with Gasteiger partial charge in [-0.25, -0.2) is 4.39 Å². The zero-order chi connectivity index (χ0) is 27.5. The van der Waals surface area contributed by atoms with Crippen molar-refractivity contribution in [3.8, 4) is 34.0 Å². The van der Waals surface area contributed by atoms with E-state index in [1.807, 2.05) is 18.2 Å². The van der Waals surface area contributed by atoms with Crippen LogP contribution >= 0.6 is 0 Å². The number of aliphatic carboxylic acids is 1. The topological polar surface area (TPSA) is 79.5 Å². The molecule has 2 aliphatic rings. The third-order valence-electron chi connectivity index (χ3n) is 7.68. The summed E-state index contributed by atoms with van der Waals surface area (Å²) in [6.45, 7) is 3.05. The molecule has 1 fully saturated rings. The first-order valence-electron chi connectivity index (χ1n) is 12.5. The molecule has 2 heterocycles. The largest absolute Gasteiger partial charge is 0.481 e. The lowest BCUT2D eigenvalue weighted by molar-refractivity contribution is -0.147. The van der Waals surface area contributed by atoms with Crippen molar-refractivity contribution >= 4 is 5.97 Å². The number of benzene rings is 3. The molecule has 200 valence electrons. The first-order chi connectivity index (χ1) is 18.6. The fraction of sp³-hybridized carbons (Fsp3) is 0.276. The second-order valence-corrected chi connectivity index (χ2v) is 10.2. The van der Waals surface area contributed by atoms with Crippen molar-refractivity contribution in [2.45, 2.75) is 45.1 Å². The zero-order valence-corrected chi connectivity index (χ0v) is 20.8.